The average Bonchev–Trinajstić information content (AvgIpc) is 3.17. The van der Waals surface area contributed by atoms with E-state index >= 15 is 0 Å². The van der Waals surface area contributed by atoms with Gasteiger partial charge >= 0.3 is 5.97 Å². The van der Waals surface area contributed by atoms with Gasteiger partial charge in [0.2, 0.25) is 5.16 Å². The summed E-state index contributed by atoms with van der Waals surface area (Å²) in [5.41, 5.74) is 0.767. The van der Waals surface area contributed by atoms with Gasteiger partial charge in [-0.05, 0) is 46.5 Å². The molecule has 3 aromatic rings. The van der Waals surface area contributed by atoms with E-state index in [4.69, 9.17) is 9.84 Å². The van der Waals surface area contributed by atoms with Gasteiger partial charge in [0, 0.05) is 0 Å². The molecule has 22 heavy (non-hydrogen) atoms. The first kappa shape index (κ1) is 14.5. The van der Waals surface area contributed by atoms with E-state index < -0.39 is 5.97 Å². The number of ether oxygens (including phenoxy) is 1. The Kier molecular flexibility index (Phi) is 4.02. The largest absolute Gasteiger partial charge is 0.497 e. The van der Waals surface area contributed by atoms with Crippen LogP contribution in [-0.4, -0.2) is 43.4 Å². The quantitative estimate of drug-likeness (QED) is 0.755. The highest BCUT2D eigenvalue weighted by Gasteiger charge is 2.14. The van der Waals surface area contributed by atoms with Crippen molar-refractivity contribution in [3.05, 3.63) is 35.3 Å². The van der Waals surface area contributed by atoms with Crippen LogP contribution >= 0.6 is 23.1 Å². The molecule has 0 unspecified atom stereocenters. The minimum absolute atomic E-state index is 0.172. The van der Waals surface area contributed by atoms with Crippen molar-refractivity contribution in [2.45, 2.75) is 9.50 Å². The van der Waals surface area contributed by atoms with Crippen molar-refractivity contribution < 1.29 is 14.6 Å². The number of aromatic nitrogens is 5. The molecule has 0 saturated heterocycles. The van der Waals surface area contributed by atoms with Crippen LogP contribution in [0.25, 0.3) is 5.69 Å². The lowest BCUT2D eigenvalue weighted by Crippen LogP contribution is -1.98. The number of thiazole rings is 1. The molecule has 0 aliphatic rings. The maximum Gasteiger partial charge on any atom is 0.347 e. The van der Waals surface area contributed by atoms with Gasteiger partial charge in [0.15, 0.2) is 4.34 Å². The normalized spacial score (nSPS) is 10.6. The van der Waals surface area contributed by atoms with Crippen LogP contribution < -0.4 is 4.74 Å². The molecule has 1 N–H and O–H groups in total. The van der Waals surface area contributed by atoms with Crippen molar-refractivity contribution in [3.63, 3.8) is 0 Å². The van der Waals surface area contributed by atoms with Gasteiger partial charge in [0.25, 0.3) is 0 Å². The van der Waals surface area contributed by atoms with Gasteiger partial charge in [-0.25, -0.2) is 9.78 Å². The molecule has 1 aromatic carbocycles. The van der Waals surface area contributed by atoms with Crippen molar-refractivity contribution in [1.29, 1.82) is 0 Å². The summed E-state index contributed by atoms with van der Waals surface area (Å²) < 4.78 is 7.21. The summed E-state index contributed by atoms with van der Waals surface area (Å²) in [7, 11) is 1.59. The first-order valence-electron chi connectivity index (χ1n) is 5.97. The van der Waals surface area contributed by atoms with Gasteiger partial charge in [-0.1, -0.05) is 0 Å². The minimum Gasteiger partial charge on any atom is -0.497 e. The van der Waals surface area contributed by atoms with Crippen molar-refractivity contribution in [2.75, 3.05) is 7.11 Å². The van der Waals surface area contributed by atoms with Crippen LogP contribution in [0.3, 0.4) is 0 Å². The van der Waals surface area contributed by atoms with Gasteiger partial charge in [0.05, 0.1) is 19.0 Å². The topological polar surface area (TPSA) is 103 Å². The van der Waals surface area contributed by atoms with Gasteiger partial charge < -0.3 is 9.84 Å². The molecule has 10 heteroatoms. The summed E-state index contributed by atoms with van der Waals surface area (Å²) in [5.74, 6) is -0.267. The van der Waals surface area contributed by atoms with E-state index in [9.17, 15) is 4.79 Å². The van der Waals surface area contributed by atoms with E-state index in [1.54, 1.807) is 23.9 Å². The molecule has 2 heterocycles. The molecule has 8 nitrogen and oxygen atoms in total. The molecule has 0 saturated carbocycles. The third kappa shape index (κ3) is 2.92. The third-order valence-electron chi connectivity index (χ3n) is 2.63. The molecule has 0 amide bonds. The zero-order valence-electron chi connectivity index (χ0n) is 11.2. The molecule has 0 atom stereocenters. The molecule has 0 bridgehead atoms. The second-order valence-electron chi connectivity index (χ2n) is 3.97. The number of tetrazole rings is 1. The number of rotatable bonds is 5. The van der Waals surface area contributed by atoms with Crippen LogP contribution in [0.15, 0.2) is 40.0 Å². The summed E-state index contributed by atoms with van der Waals surface area (Å²) >= 11 is 2.28. The van der Waals surface area contributed by atoms with E-state index in [-0.39, 0.29) is 4.88 Å². The number of carbonyl (C=O) groups is 1. The highest BCUT2D eigenvalue weighted by atomic mass is 32.2. The molecule has 0 aliphatic carbocycles. The molecule has 112 valence electrons. The summed E-state index contributed by atoms with van der Waals surface area (Å²) in [4.78, 5) is 15.1. The number of methoxy groups -OCH3 is 1. The second-order valence-corrected chi connectivity index (χ2v) is 6.21. The number of hydrogen-bond acceptors (Lipinski definition) is 8. The number of benzene rings is 1. The van der Waals surface area contributed by atoms with Gasteiger partial charge in [0.1, 0.15) is 10.6 Å². The van der Waals surface area contributed by atoms with Crippen LogP contribution in [0.1, 0.15) is 9.67 Å². The summed E-state index contributed by atoms with van der Waals surface area (Å²) in [6, 6.07) is 7.25. The van der Waals surface area contributed by atoms with Crippen molar-refractivity contribution >= 4 is 29.1 Å². The van der Waals surface area contributed by atoms with Crippen molar-refractivity contribution in [1.82, 2.24) is 25.2 Å². The van der Waals surface area contributed by atoms with Gasteiger partial charge in [-0.3, -0.25) is 0 Å². The molecule has 0 aliphatic heterocycles. The van der Waals surface area contributed by atoms with Crippen LogP contribution in [0.2, 0.25) is 0 Å². The zero-order valence-corrected chi connectivity index (χ0v) is 12.8. The molecule has 0 spiro atoms. The highest BCUT2D eigenvalue weighted by molar-refractivity contribution is 8.00. The molecule has 2 aromatic heterocycles. The van der Waals surface area contributed by atoms with Crippen LogP contribution in [-0.2, 0) is 0 Å². The van der Waals surface area contributed by atoms with Crippen LogP contribution in [0.4, 0.5) is 0 Å². The Hall–Kier alpha value is -2.46. The number of nitrogens with zero attached hydrogens (tertiary/aromatic N) is 5. The number of carboxylic acid groups (broad SMARTS) is 1. The van der Waals surface area contributed by atoms with Gasteiger partial charge in [-0.2, -0.15) is 4.68 Å². The molecule has 0 radical (unpaired) electrons. The van der Waals surface area contributed by atoms with E-state index in [1.165, 1.54) is 18.0 Å². The smallest absolute Gasteiger partial charge is 0.347 e. The van der Waals surface area contributed by atoms with E-state index in [2.05, 4.69) is 20.5 Å². The summed E-state index contributed by atoms with van der Waals surface area (Å²) in [6.45, 7) is 0. The van der Waals surface area contributed by atoms with E-state index in [0.717, 1.165) is 22.8 Å². The molecular formula is C12H9N5O3S2. The van der Waals surface area contributed by atoms with Crippen LogP contribution in [0.5, 0.6) is 5.75 Å². The molecular weight excluding hydrogens is 326 g/mol. The zero-order chi connectivity index (χ0) is 15.5. The Morgan fingerprint density at radius 3 is 2.77 bits per heavy atom. The standard InChI is InChI=1S/C12H9N5O3S2/c1-20-8-4-2-7(3-5-8)17-11(14-15-16-17)22-12-13-6-9(21-12)10(18)19/h2-6H,1H3,(H,18,19). The SMILES string of the molecule is COc1ccc(-n2nnnc2Sc2ncc(C(=O)O)s2)cc1. The second kappa shape index (κ2) is 6.12. The first-order valence-corrected chi connectivity index (χ1v) is 7.60. The Balaban J connectivity index is 1.86. The monoisotopic (exact) mass is 335 g/mol. The minimum atomic E-state index is -1.00. The number of carboxylic acids is 1. The van der Waals surface area contributed by atoms with Crippen LogP contribution in [0, 0.1) is 0 Å². The lowest BCUT2D eigenvalue weighted by molar-refractivity contribution is 0.0702. The van der Waals surface area contributed by atoms with Crippen molar-refractivity contribution in [2.24, 2.45) is 0 Å². The lowest BCUT2D eigenvalue weighted by Gasteiger charge is -2.04. The lowest BCUT2D eigenvalue weighted by atomic mass is 10.3. The maximum atomic E-state index is 10.9. The fraction of sp³-hybridized carbons (Fsp3) is 0.0833. The first-order chi connectivity index (χ1) is 10.7. The summed E-state index contributed by atoms with van der Waals surface area (Å²) in [6.07, 6.45) is 1.32. The van der Waals surface area contributed by atoms with Crippen molar-refractivity contribution in [3.8, 4) is 11.4 Å². The van der Waals surface area contributed by atoms with E-state index in [0.29, 0.717) is 9.50 Å². The Morgan fingerprint density at radius 2 is 2.14 bits per heavy atom. The number of aromatic carboxylic acids is 1. The predicted molar refractivity (Wildman–Crippen MR) is 78.9 cm³/mol. The Labute approximate surface area is 132 Å². The highest BCUT2D eigenvalue weighted by Crippen LogP contribution is 2.30. The fourth-order valence-electron chi connectivity index (χ4n) is 1.61. The molecule has 3 rings (SSSR count). The predicted octanol–water partition coefficient (Wildman–Crippen LogP) is 1.98. The Morgan fingerprint density at radius 1 is 1.36 bits per heavy atom. The maximum absolute atomic E-state index is 10.9. The molecule has 0 fully saturated rings. The average molecular weight is 335 g/mol. The van der Waals surface area contributed by atoms with Gasteiger partial charge in [-0.15, -0.1) is 16.4 Å². The van der Waals surface area contributed by atoms with E-state index in [1.807, 2.05) is 12.1 Å². The Bertz CT molecular complexity index is 799. The number of hydrogen-bond donors (Lipinski definition) is 1. The third-order valence-corrected chi connectivity index (χ3v) is 4.63. The summed E-state index contributed by atoms with van der Waals surface area (Å²) in [5, 5.41) is 20.9. The fourth-order valence-corrected chi connectivity index (χ4v) is 3.32.